The van der Waals surface area contributed by atoms with Crippen LogP contribution in [0.25, 0.3) is 0 Å². The summed E-state index contributed by atoms with van der Waals surface area (Å²) in [5.41, 5.74) is 0. The Hall–Kier alpha value is 0.0969. The molecule has 0 rings (SSSR count). The Kier molecular flexibility index (Phi) is 5.18. The van der Waals surface area contributed by atoms with E-state index < -0.39 is 0 Å². The van der Waals surface area contributed by atoms with Gasteiger partial charge in [0.1, 0.15) is 0 Å². The minimum atomic E-state index is 0.477. The molecule has 0 amide bonds. The van der Waals surface area contributed by atoms with Gasteiger partial charge in [0.2, 0.25) is 0 Å². The Labute approximate surface area is 39.6 Å². The Morgan fingerprint density at radius 3 is 2.50 bits per heavy atom. The summed E-state index contributed by atoms with van der Waals surface area (Å²) in [6.07, 6.45) is 0. The topological polar surface area (TPSA) is 27.7 Å². The molecule has 3 nitrogen and oxygen atoms in total. The molecule has 0 saturated carbocycles. The van der Waals surface area contributed by atoms with Crippen molar-refractivity contribution in [2.45, 2.75) is 6.92 Å². The first-order valence-corrected chi connectivity index (χ1v) is 1.94. The van der Waals surface area contributed by atoms with E-state index in [4.69, 9.17) is 0 Å². The van der Waals surface area contributed by atoms with Gasteiger partial charge in [-0.3, -0.25) is 4.58 Å². The van der Waals surface area contributed by atoms with Crippen LogP contribution in [0.3, 0.4) is 0 Å². The molecule has 0 aromatic rings. The molecule has 0 unspecified atom stereocenters. The van der Waals surface area contributed by atoms with Gasteiger partial charge in [0.25, 0.3) is 0 Å². The number of hydrogen-bond acceptors (Lipinski definition) is 3. The standard InChI is InChI=1S/C2H5O3Si/c1-2-3-4-5-6/h2H2,1H3. The zero-order chi connectivity index (χ0) is 4.83. The van der Waals surface area contributed by atoms with Crippen LogP contribution in [0.15, 0.2) is 0 Å². The SMILES string of the molecule is CCOOO[Si]. The van der Waals surface area contributed by atoms with Crippen molar-refractivity contribution in [3.63, 3.8) is 0 Å². The average molecular weight is 105 g/mol. The van der Waals surface area contributed by atoms with E-state index in [2.05, 4.69) is 25.0 Å². The molecule has 0 heterocycles. The summed E-state index contributed by atoms with van der Waals surface area (Å²) in [6, 6.07) is 0. The van der Waals surface area contributed by atoms with Gasteiger partial charge in [-0.1, -0.05) is 5.04 Å². The Morgan fingerprint density at radius 1 is 1.67 bits per heavy atom. The van der Waals surface area contributed by atoms with Gasteiger partial charge in [0, 0.05) is 0 Å². The molecule has 0 aromatic heterocycles. The number of hydrogen-bond donors (Lipinski definition) is 0. The minimum Gasteiger partial charge on any atom is -0.259 e. The molecule has 0 N–H and O–H groups in total. The molecule has 3 radical (unpaired) electrons. The fourth-order valence-corrected chi connectivity index (χ4v) is 0.120. The van der Waals surface area contributed by atoms with Crippen LogP contribution in [-0.2, 0) is 14.5 Å². The van der Waals surface area contributed by atoms with Crippen LogP contribution in [-0.4, -0.2) is 17.1 Å². The van der Waals surface area contributed by atoms with Crippen molar-refractivity contribution < 1.29 is 14.5 Å². The smallest absolute Gasteiger partial charge is 0.259 e. The molecule has 0 saturated heterocycles. The van der Waals surface area contributed by atoms with E-state index in [0.717, 1.165) is 0 Å². The Morgan fingerprint density at radius 2 is 2.33 bits per heavy atom. The zero-order valence-corrected chi connectivity index (χ0v) is 4.43. The fraction of sp³-hybridized carbons (Fsp3) is 1.00. The monoisotopic (exact) mass is 105 g/mol. The fourth-order valence-electron chi connectivity index (χ4n) is 0.0722. The lowest BCUT2D eigenvalue weighted by Crippen LogP contribution is -1.90. The molecular weight excluding hydrogens is 100 g/mol. The van der Waals surface area contributed by atoms with Gasteiger partial charge in [-0.2, -0.15) is 0 Å². The Balaban J connectivity index is 2.34. The molecule has 0 aliphatic carbocycles. The second kappa shape index (κ2) is 5.10. The summed E-state index contributed by atoms with van der Waals surface area (Å²) in [5, 5.41) is 3.90. The summed E-state index contributed by atoms with van der Waals surface area (Å²) >= 11 is 0. The minimum absolute atomic E-state index is 0.477. The molecule has 6 heavy (non-hydrogen) atoms. The lowest BCUT2D eigenvalue weighted by atomic mass is 10.9. The van der Waals surface area contributed by atoms with E-state index in [1.54, 1.807) is 6.92 Å². The van der Waals surface area contributed by atoms with Crippen LogP contribution < -0.4 is 0 Å². The molecule has 0 fully saturated rings. The van der Waals surface area contributed by atoms with Crippen LogP contribution >= 0.6 is 0 Å². The third-order valence-corrected chi connectivity index (χ3v) is 0.268. The van der Waals surface area contributed by atoms with Crippen LogP contribution in [0, 0.1) is 0 Å². The molecule has 0 atom stereocenters. The van der Waals surface area contributed by atoms with E-state index in [1.807, 2.05) is 0 Å². The van der Waals surface area contributed by atoms with Crippen LogP contribution in [0.4, 0.5) is 0 Å². The highest BCUT2D eigenvalue weighted by atomic mass is 28.2. The first-order valence-electron chi connectivity index (χ1n) is 1.53. The summed E-state index contributed by atoms with van der Waals surface area (Å²) in [6.45, 7) is 2.26. The van der Waals surface area contributed by atoms with Crippen molar-refractivity contribution in [1.82, 2.24) is 0 Å². The quantitative estimate of drug-likeness (QED) is 0.218. The second-order valence-electron chi connectivity index (χ2n) is 0.558. The highest BCUT2D eigenvalue weighted by Crippen LogP contribution is 1.71. The predicted octanol–water partition coefficient (Wildman–Crippen LogP) is -0.0304. The van der Waals surface area contributed by atoms with E-state index in [0.29, 0.717) is 6.61 Å². The zero-order valence-electron chi connectivity index (χ0n) is 3.43. The maximum atomic E-state index is 4.21. The molecule has 4 heteroatoms. The molecule has 0 aliphatic rings. The highest BCUT2D eigenvalue weighted by molar-refractivity contribution is 5.97. The second-order valence-corrected chi connectivity index (χ2v) is 0.725. The van der Waals surface area contributed by atoms with Gasteiger partial charge < -0.3 is 0 Å². The van der Waals surface area contributed by atoms with Gasteiger partial charge >= 0.3 is 10.5 Å². The van der Waals surface area contributed by atoms with E-state index >= 15 is 0 Å². The Bertz CT molecular complexity index is 20.8. The van der Waals surface area contributed by atoms with Crippen LogP contribution in [0.1, 0.15) is 6.92 Å². The van der Waals surface area contributed by atoms with Crippen LogP contribution in [0.2, 0.25) is 0 Å². The van der Waals surface area contributed by atoms with Crippen LogP contribution in [0.5, 0.6) is 0 Å². The molecule has 0 bridgehead atoms. The third kappa shape index (κ3) is 4.10. The first kappa shape index (κ1) is 6.10. The third-order valence-electron chi connectivity index (χ3n) is 0.200. The normalized spacial score (nSPS) is 9.00. The van der Waals surface area contributed by atoms with E-state index in [9.17, 15) is 0 Å². The summed E-state index contributed by atoms with van der Waals surface area (Å²) in [4.78, 5) is 4.21. The van der Waals surface area contributed by atoms with E-state index in [-0.39, 0.29) is 0 Å². The summed E-state index contributed by atoms with van der Waals surface area (Å²) < 4.78 is 3.87. The maximum Gasteiger partial charge on any atom is 0.307 e. The van der Waals surface area contributed by atoms with Crippen molar-refractivity contribution in [2.75, 3.05) is 6.61 Å². The molecule has 0 aliphatic heterocycles. The van der Waals surface area contributed by atoms with E-state index in [1.165, 1.54) is 0 Å². The van der Waals surface area contributed by atoms with Crippen molar-refractivity contribution in [3.8, 4) is 0 Å². The van der Waals surface area contributed by atoms with Gasteiger partial charge in [-0.25, -0.2) is 4.89 Å². The van der Waals surface area contributed by atoms with Gasteiger partial charge in [-0.05, 0) is 6.92 Å². The maximum absolute atomic E-state index is 4.21. The van der Waals surface area contributed by atoms with Crippen molar-refractivity contribution in [3.05, 3.63) is 0 Å². The van der Waals surface area contributed by atoms with Gasteiger partial charge in [0.15, 0.2) is 0 Å². The first-order chi connectivity index (χ1) is 2.91. The van der Waals surface area contributed by atoms with Crippen molar-refractivity contribution in [1.29, 1.82) is 0 Å². The summed E-state index contributed by atoms with van der Waals surface area (Å²) in [7, 11) is 2.54. The van der Waals surface area contributed by atoms with Crippen molar-refractivity contribution in [2.24, 2.45) is 0 Å². The average Bonchev–Trinajstić information content (AvgIpc) is 1.61. The molecular formula is C2H5O3Si. The number of rotatable bonds is 3. The molecule has 35 valence electrons. The predicted molar refractivity (Wildman–Crippen MR) is 19.5 cm³/mol. The molecule has 0 spiro atoms. The van der Waals surface area contributed by atoms with Crippen molar-refractivity contribution >= 4 is 10.5 Å². The molecule has 0 aromatic carbocycles. The van der Waals surface area contributed by atoms with Gasteiger partial charge in [0.05, 0.1) is 6.61 Å². The lowest BCUT2D eigenvalue weighted by Gasteiger charge is -1.91. The lowest BCUT2D eigenvalue weighted by molar-refractivity contribution is -0.465. The summed E-state index contributed by atoms with van der Waals surface area (Å²) in [5.74, 6) is 0. The largest absolute Gasteiger partial charge is 0.307 e. The van der Waals surface area contributed by atoms with Gasteiger partial charge in [-0.15, -0.1) is 0 Å². The highest BCUT2D eigenvalue weighted by Gasteiger charge is 1.72.